The van der Waals surface area contributed by atoms with Gasteiger partial charge in [-0.3, -0.25) is 9.71 Å². The van der Waals surface area contributed by atoms with Crippen molar-refractivity contribution in [1.82, 2.24) is 9.71 Å². The van der Waals surface area contributed by atoms with E-state index >= 15 is 0 Å². The SMILES string of the molecule is O=S(=O)(Nc1cccnc1)NC1CC1. The van der Waals surface area contributed by atoms with Crippen LogP contribution < -0.4 is 9.44 Å². The number of hydrogen-bond acceptors (Lipinski definition) is 3. The maximum atomic E-state index is 11.4. The second-order valence-electron chi connectivity index (χ2n) is 3.24. The number of nitrogens with one attached hydrogen (secondary N) is 2. The van der Waals surface area contributed by atoms with Gasteiger partial charge in [-0.05, 0) is 25.0 Å². The fourth-order valence-corrected chi connectivity index (χ4v) is 2.19. The first-order valence-electron chi connectivity index (χ1n) is 4.36. The summed E-state index contributed by atoms with van der Waals surface area (Å²) >= 11 is 0. The number of nitrogens with zero attached hydrogens (tertiary/aromatic N) is 1. The number of aromatic nitrogens is 1. The lowest BCUT2D eigenvalue weighted by molar-refractivity contribution is 0.586. The summed E-state index contributed by atoms with van der Waals surface area (Å²) < 4.78 is 27.7. The van der Waals surface area contributed by atoms with Crippen LogP contribution in [0.4, 0.5) is 5.69 Å². The van der Waals surface area contributed by atoms with Crippen LogP contribution in [0.5, 0.6) is 0 Å². The van der Waals surface area contributed by atoms with Crippen LogP contribution >= 0.6 is 0 Å². The first kappa shape index (κ1) is 9.42. The van der Waals surface area contributed by atoms with Crippen LogP contribution in [0, 0.1) is 0 Å². The van der Waals surface area contributed by atoms with Gasteiger partial charge in [-0.1, -0.05) is 0 Å². The molecule has 1 aromatic heterocycles. The second kappa shape index (κ2) is 3.55. The summed E-state index contributed by atoms with van der Waals surface area (Å²) in [6.07, 6.45) is 4.90. The van der Waals surface area contributed by atoms with E-state index in [4.69, 9.17) is 0 Å². The van der Waals surface area contributed by atoms with Gasteiger partial charge in [-0.25, -0.2) is 0 Å². The molecule has 0 bridgehead atoms. The molecule has 6 heteroatoms. The predicted octanol–water partition coefficient (Wildman–Crippen LogP) is 0.490. The zero-order valence-electron chi connectivity index (χ0n) is 7.47. The van der Waals surface area contributed by atoms with Gasteiger partial charge >= 0.3 is 0 Å². The first-order chi connectivity index (χ1) is 6.66. The fraction of sp³-hybridized carbons (Fsp3) is 0.375. The topological polar surface area (TPSA) is 71.1 Å². The summed E-state index contributed by atoms with van der Waals surface area (Å²) in [5.74, 6) is 0. The highest BCUT2D eigenvalue weighted by molar-refractivity contribution is 7.90. The Bertz CT molecular complexity index is 400. The number of hydrogen-bond donors (Lipinski definition) is 2. The molecule has 0 saturated heterocycles. The molecular weight excluding hydrogens is 202 g/mol. The summed E-state index contributed by atoms with van der Waals surface area (Å²) in [6.45, 7) is 0. The number of pyridine rings is 1. The molecule has 1 aliphatic carbocycles. The summed E-state index contributed by atoms with van der Waals surface area (Å²) in [5, 5.41) is 0. The standard InChI is InChI=1S/C8H11N3O2S/c12-14(13,10-7-3-4-7)11-8-2-1-5-9-6-8/h1-2,5-7,10-11H,3-4H2. The minimum absolute atomic E-state index is 0.115. The highest BCUT2D eigenvalue weighted by atomic mass is 32.2. The molecule has 2 N–H and O–H groups in total. The van der Waals surface area contributed by atoms with Gasteiger partial charge in [0.25, 0.3) is 10.2 Å². The molecule has 5 nitrogen and oxygen atoms in total. The summed E-state index contributed by atoms with van der Waals surface area (Å²) in [4.78, 5) is 3.81. The average Bonchev–Trinajstić information content (AvgIpc) is 2.88. The molecule has 1 heterocycles. The van der Waals surface area contributed by atoms with E-state index in [9.17, 15) is 8.42 Å². The summed E-state index contributed by atoms with van der Waals surface area (Å²) in [5.41, 5.74) is 0.473. The van der Waals surface area contributed by atoms with Crippen LogP contribution in [0.1, 0.15) is 12.8 Å². The molecule has 0 unspecified atom stereocenters. The van der Waals surface area contributed by atoms with Crippen molar-refractivity contribution in [3.05, 3.63) is 24.5 Å². The van der Waals surface area contributed by atoms with E-state index in [2.05, 4.69) is 14.4 Å². The molecule has 14 heavy (non-hydrogen) atoms. The molecule has 1 aliphatic rings. The highest BCUT2D eigenvalue weighted by Crippen LogP contribution is 2.20. The van der Waals surface area contributed by atoms with Gasteiger partial charge in [-0.15, -0.1) is 0 Å². The van der Waals surface area contributed by atoms with Crippen LogP contribution in [0.3, 0.4) is 0 Å². The van der Waals surface area contributed by atoms with E-state index in [-0.39, 0.29) is 6.04 Å². The number of rotatable bonds is 4. The molecule has 0 atom stereocenters. The minimum Gasteiger partial charge on any atom is -0.270 e. The Balaban J connectivity index is 2.02. The maximum absolute atomic E-state index is 11.4. The largest absolute Gasteiger partial charge is 0.299 e. The van der Waals surface area contributed by atoms with E-state index in [1.54, 1.807) is 18.3 Å². The fourth-order valence-electron chi connectivity index (χ4n) is 1.03. The van der Waals surface area contributed by atoms with Gasteiger partial charge in [-0.2, -0.15) is 13.1 Å². The van der Waals surface area contributed by atoms with Crippen LogP contribution in [0.15, 0.2) is 24.5 Å². The smallest absolute Gasteiger partial charge is 0.270 e. The van der Waals surface area contributed by atoms with Crippen molar-refractivity contribution in [2.75, 3.05) is 4.72 Å². The quantitative estimate of drug-likeness (QED) is 0.764. The third-order valence-corrected chi connectivity index (χ3v) is 2.96. The highest BCUT2D eigenvalue weighted by Gasteiger charge is 2.26. The second-order valence-corrected chi connectivity index (χ2v) is 4.69. The molecule has 1 saturated carbocycles. The lowest BCUT2D eigenvalue weighted by Gasteiger charge is -2.07. The van der Waals surface area contributed by atoms with E-state index in [1.807, 2.05) is 0 Å². The van der Waals surface area contributed by atoms with Crippen molar-refractivity contribution in [2.24, 2.45) is 0 Å². The molecule has 0 radical (unpaired) electrons. The van der Waals surface area contributed by atoms with Crippen LogP contribution in [-0.4, -0.2) is 19.4 Å². The van der Waals surface area contributed by atoms with Gasteiger partial charge in [0.1, 0.15) is 0 Å². The van der Waals surface area contributed by atoms with Gasteiger partial charge in [0.2, 0.25) is 0 Å². The lowest BCUT2D eigenvalue weighted by atomic mass is 10.4. The van der Waals surface area contributed by atoms with Crippen molar-refractivity contribution in [3.8, 4) is 0 Å². The zero-order valence-corrected chi connectivity index (χ0v) is 8.29. The van der Waals surface area contributed by atoms with Crippen molar-refractivity contribution < 1.29 is 8.42 Å². The zero-order chi connectivity index (χ0) is 10.0. The Morgan fingerprint density at radius 3 is 2.79 bits per heavy atom. The molecule has 1 aromatic rings. The molecule has 0 aromatic carbocycles. The number of anilines is 1. The molecule has 0 amide bonds. The van der Waals surface area contributed by atoms with Gasteiger partial charge in [0, 0.05) is 12.2 Å². The third-order valence-electron chi connectivity index (χ3n) is 1.81. The van der Waals surface area contributed by atoms with Crippen LogP contribution in [0.2, 0.25) is 0 Å². The Labute approximate surface area is 82.7 Å². The van der Waals surface area contributed by atoms with Gasteiger partial charge < -0.3 is 0 Å². The third kappa shape index (κ3) is 2.68. The van der Waals surface area contributed by atoms with E-state index in [0.29, 0.717) is 5.69 Å². The molecule has 76 valence electrons. The van der Waals surface area contributed by atoms with Gasteiger partial charge in [0.15, 0.2) is 0 Å². The van der Waals surface area contributed by atoms with E-state index in [0.717, 1.165) is 12.8 Å². The molecule has 0 aliphatic heterocycles. The molecule has 2 rings (SSSR count). The predicted molar refractivity (Wildman–Crippen MR) is 52.9 cm³/mol. The Hall–Kier alpha value is -1.14. The monoisotopic (exact) mass is 213 g/mol. The average molecular weight is 213 g/mol. The van der Waals surface area contributed by atoms with Crippen molar-refractivity contribution >= 4 is 15.9 Å². The summed E-state index contributed by atoms with van der Waals surface area (Å²) in [6, 6.07) is 3.44. The summed E-state index contributed by atoms with van der Waals surface area (Å²) in [7, 11) is -3.41. The Morgan fingerprint density at radius 1 is 1.43 bits per heavy atom. The van der Waals surface area contributed by atoms with Crippen molar-refractivity contribution in [2.45, 2.75) is 18.9 Å². The molecule has 0 spiro atoms. The van der Waals surface area contributed by atoms with Crippen molar-refractivity contribution in [1.29, 1.82) is 0 Å². The lowest BCUT2D eigenvalue weighted by Crippen LogP contribution is -2.31. The van der Waals surface area contributed by atoms with Crippen LogP contribution in [-0.2, 0) is 10.2 Å². The molecular formula is C8H11N3O2S. The Kier molecular flexibility index (Phi) is 2.39. The van der Waals surface area contributed by atoms with Crippen LogP contribution in [0.25, 0.3) is 0 Å². The minimum atomic E-state index is -3.41. The maximum Gasteiger partial charge on any atom is 0.299 e. The first-order valence-corrected chi connectivity index (χ1v) is 5.84. The molecule has 1 fully saturated rings. The van der Waals surface area contributed by atoms with E-state index in [1.165, 1.54) is 6.20 Å². The Morgan fingerprint density at radius 2 is 2.21 bits per heavy atom. The van der Waals surface area contributed by atoms with Crippen molar-refractivity contribution in [3.63, 3.8) is 0 Å². The normalized spacial score (nSPS) is 16.6. The van der Waals surface area contributed by atoms with Gasteiger partial charge in [0.05, 0.1) is 11.9 Å². The van der Waals surface area contributed by atoms with E-state index < -0.39 is 10.2 Å².